The molecule has 0 spiro atoms. The maximum absolute atomic E-state index is 13.3. The SMILES string of the molecule is CCCC[C@H]1CC[C@H]([C@H]2CC[C@H](CCc3cc(F)c(F)c(F)c3)CC2)CC1. The van der Waals surface area contributed by atoms with Gasteiger partial charge in [0.25, 0.3) is 0 Å². The van der Waals surface area contributed by atoms with Gasteiger partial charge >= 0.3 is 0 Å². The molecule has 0 radical (unpaired) electrons. The van der Waals surface area contributed by atoms with Crippen molar-refractivity contribution in [1.29, 1.82) is 0 Å². The van der Waals surface area contributed by atoms with Crippen molar-refractivity contribution in [1.82, 2.24) is 0 Å². The van der Waals surface area contributed by atoms with Crippen molar-refractivity contribution in [2.45, 2.75) is 90.4 Å². The molecule has 0 aliphatic heterocycles. The third kappa shape index (κ3) is 5.74. The summed E-state index contributed by atoms with van der Waals surface area (Å²) in [5.41, 5.74) is 0.582. The van der Waals surface area contributed by atoms with Crippen LogP contribution in [0.25, 0.3) is 0 Å². The maximum atomic E-state index is 13.3. The van der Waals surface area contributed by atoms with Crippen LogP contribution in [0.4, 0.5) is 13.2 Å². The molecule has 2 aliphatic carbocycles. The fourth-order valence-corrected chi connectivity index (χ4v) is 5.51. The van der Waals surface area contributed by atoms with Gasteiger partial charge < -0.3 is 0 Å². The lowest BCUT2D eigenvalue weighted by Gasteiger charge is -2.38. The highest BCUT2D eigenvalue weighted by Gasteiger charge is 2.30. The molecule has 0 aromatic heterocycles. The van der Waals surface area contributed by atoms with Crippen LogP contribution in [0.2, 0.25) is 0 Å². The van der Waals surface area contributed by atoms with Crippen molar-refractivity contribution in [3.8, 4) is 0 Å². The molecule has 1 aromatic carbocycles. The highest BCUT2D eigenvalue weighted by atomic mass is 19.2. The summed E-state index contributed by atoms with van der Waals surface area (Å²) in [6.07, 6.45) is 16.6. The highest BCUT2D eigenvalue weighted by Crippen LogP contribution is 2.43. The topological polar surface area (TPSA) is 0 Å². The minimum atomic E-state index is -1.36. The fourth-order valence-electron chi connectivity index (χ4n) is 5.51. The lowest BCUT2D eigenvalue weighted by Crippen LogP contribution is -2.26. The van der Waals surface area contributed by atoms with Crippen molar-refractivity contribution in [3.63, 3.8) is 0 Å². The first kappa shape index (κ1) is 20.7. The number of unbranched alkanes of at least 4 members (excludes halogenated alkanes) is 1. The van der Waals surface area contributed by atoms with Gasteiger partial charge in [-0.3, -0.25) is 0 Å². The quantitative estimate of drug-likeness (QED) is 0.423. The summed E-state index contributed by atoms with van der Waals surface area (Å²) < 4.78 is 39.7. The van der Waals surface area contributed by atoms with Crippen LogP contribution >= 0.6 is 0 Å². The standard InChI is InChI=1S/C24H35F3/c1-2-3-4-17-7-11-20(12-8-17)21-13-9-18(10-14-21)5-6-19-15-22(25)24(27)23(26)16-19/h15-18,20-21H,2-14H2,1H3/t17-,18-,20-,21-. The Kier molecular flexibility index (Phi) is 7.66. The molecule has 0 bridgehead atoms. The average molecular weight is 381 g/mol. The van der Waals surface area contributed by atoms with E-state index in [0.29, 0.717) is 17.9 Å². The van der Waals surface area contributed by atoms with E-state index in [1.54, 1.807) is 0 Å². The van der Waals surface area contributed by atoms with E-state index in [9.17, 15) is 13.2 Å². The van der Waals surface area contributed by atoms with E-state index in [-0.39, 0.29) is 0 Å². The van der Waals surface area contributed by atoms with Crippen molar-refractivity contribution < 1.29 is 13.2 Å². The number of hydrogen-bond donors (Lipinski definition) is 0. The molecular weight excluding hydrogens is 345 g/mol. The molecule has 2 fully saturated rings. The molecule has 2 aliphatic rings. The van der Waals surface area contributed by atoms with Gasteiger partial charge in [0.2, 0.25) is 0 Å². The second-order valence-electron chi connectivity index (χ2n) is 9.12. The fraction of sp³-hybridized carbons (Fsp3) is 0.750. The molecule has 0 N–H and O–H groups in total. The molecule has 0 saturated heterocycles. The van der Waals surface area contributed by atoms with Gasteiger partial charge in [0.1, 0.15) is 0 Å². The second-order valence-corrected chi connectivity index (χ2v) is 9.12. The van der Waals surface area contributed by atoms with Gasteiger partial charge in [-0.2, -0.15) is 0 Å². The van der Waals surface area contributed by atoms with E-state index in [4.69, 9.17) is 0 Å². The van der Waals surface area contributed by atoms with Crippen LogP contribution in [0.3, 0.4) is 0 Å². The summed E-state index contributed by atoms with van der Waals surface area (Å²) in [7, 11) is 0. The molecule has 0 nitrogen and oxygen atoms in total. The molecule has 0 heterocycles. The van der Waals surface area contributed by atoms with Gasteiger partial charge in [0.15, 0.2) is 17.5 Å². The van der Waals surface area contributed by atoms with Crippen LogP contribution in [-0.4, -0.2) is 0 Å². The number of hydrogen-bond acceptors (Lipinski definition) is 0. The molecule has 27 heavy (non-hydrogen) atoms. The first-order valence-electron chi connectivity index (χ1n) is 11.2. The number of rotatable bonds is 7. The van der Waals surface area contributed by atoms with Crippen LogP contribution in [0, 0.1) is 41.1 Å². The Hall–Kier alpha value is -0.990. The summed E-state index contributed by atoms with van der Waals surface area (Å²) in [6, 6.07) is 2.31. The Morgan fingerprint density at radius 2 is 1.22 bits per heavy atom. The Morgan fingerprint density at radius 1 is 0.741 bits per heavy atom. The smallest absolute Gasteiger partial charge is 0.194 e. The van der Waals surface area contributed by atoms with Crippen molar-refractivity contribution in [2.24, 2.45) is 23.7 Å². The molecule has 3 heteroatoms. The van der Waals surface area contributed by atoms with Gasteiger partial charge in [0, 0.05) is 0 Å². The van der Waals surface area contributed by atoms with Crippen LogP contribution < -0.4 is 0 Å². The Balaban J connectivity index is 1.38. The third-order valence-electron chi connectivity index (χ3n) is 7.30. The lowest BCUT2D eigenvalue weighted by atomic mass is 9.68. The molecule has 3 rings (SSSR count). The summed E-state index contributed by atoms with van der Waals surface area (Å²) in [5.74, 6) is -0.0271. The first-order valence-corrected chi connectivity index (χ1v) is 11.2. The van der Waals surface area contributed by atoms with Gasteiger partial charge in [-0.05, 0) is 79.9 Å². The minimum absolute atomic E-state index is 0.582. The molecule has 0 amide bonds. The second kappa shape index (κ2) is 9.98. The summed E-state index contributed by atoms with van der Waals surface area (Å²) >= 11 is 0. The van der Waals surface area contributed by atoms with E-state index in [1.165, 1.54) is 70.6 Å². The van der Waals surface area contributed by atoms with E-state index in [0.717, 1.165) is 36.3 Å². The summed E-state index contributed by atoms with van der Waals surface area (Å²) in [6.45, 7) is 2.28. The van der Waals surface area contributed by atoms with Crippen LogP contribution in [0.15, 0.2) is 12.1 Å². The molecular formula is C24H35F3. The van der Waals surface area contributed by atoms with Gasteiger partial charge in [0.05, 0.1) is 0 Å². The summed E-state index contributed by atoms with van der Waals surface area (Å²) in [5, 5.41) is 0. The zero-order valence-corrected chi connectivity index (χ0v) is 16.8. The lowest BCUT2D eigenvalue weighted by molar-refractivity contribution is 0.140. The van der Waals surface area contributed by atoms with Crippen LogP contribution in [-0.2, 0) is 6.42 Å². The third-order valence-corrected chi connectivity index (χ3v) is 7.30. The minimum Gasteiger partial charge on any atom is -0.204 e. The molecule has 0 atom stereocenters. The molecule has 0 unspecified atom stereocenters. The highest BCUT2D eigenvalue weighted by molar-refractivity contribution is 5.19. The number of aryl methyl sites for hydroxylation is 1. The monoisotopic (exact) mass is 380 g/mol. The maximum Gasteiger partial charge on any atom is 0.194 e. The molecule has 2 saturated carbocycles. The van der Waals surface area contributed by atoms with Crippen LogP contribution in [0.5, 0.6) is 0 Å². The van der Waals surface area contributed by atoms with E-state index in [1.807, 2.05) is 0 Å². The van der Waals surface area contributed by atoms with Crippen LogP contribution in [0.1, 0.15) is 89.5 Å². The van der Waals surface area contributed by atoms with Crippen molar-refractivity contribution in [3.05, 3.63) is 35.1 Å². The Morgan fingerprint density at radius 3 is 1.70 bits per heavy atom. The molecule has 1 aromatic rings. The largest absolute Gasteiger partial charge is 0.204 e. The van der Waals surface area contributed by atoms with Gasteiger partial charge in [-0.1, -0.05) is 51.9 Å². The van der Waals surface area contributed by atoms with E-state index >= 15 is 0 Å². The van der Waals surface area contributed by atoms with E-state index in [2.05, 4.69) is 6.92 Å². The zero-order chi connectivity index (χ0) is 19.2. The zero-order valence-electron chi connectivity index (χ0n) is 16.8. The predicted octanol–water partition coefficient (Wildman–Crippen LogP) is 7.84. The Labute approximate surface area is 162 Å². The average Bonchev–Trinajstić information content (AvgIpc) is 2.69. The first-order chi connectivity index (χ1) is 13.1. The van der Waals surface area contributed by atoms with Gasteiger partial charge in [-0.25, -0.2) is 13.2 Å². The number of halogens is 3. The summed E-state index contributed by atoms with van der Waals surface area (Å²) in [4.78, 5) is 0. The number of benzene rings is 1. The Bertz CT molecular complexity index is 558. The van der Waals surface area contributed by atoms with Gasteiger partial charge in [-0.15, -0.1) is 0 Å². The van der Waals surface area contributed by atoms with E-state index < -0.39 is 17.5 Å². The van der Waals surface area contributed by atoms with Crippen molar-refractivity contribution in [2.75, 3.05) is 0 Å². The normalized spacial score (nSPS) is 29.0. The predicted molar refractivity (Wildman–Crippen MR) is 105 cm³/mol. The van der Waals surface area contributed by atoms with Crippen molar-refractivity contribution >= 4 is 0 Å². The molecule has 152 valence electrons.